The number of carbonyl (C=O) groups excluding carboxylic acids is 1. The minimum atomic E-state index is -0.857. The molecule has 0 fully saturated rings. The lowest BCUT2D eigenvalue weighted by atomic mass is 10.2. The molecule has 0 aliphatic heterocycles. The maximum absolute atomic E-state index is 12.0. The topological polar surface area (TPSA) is 63.2 Å². The lowest BCUT2D eigenvalue weighted by Gasteiger charge is -2.15. The van der Waals surface area contributed by atoms with E-state index in [1.54, 1.807) is 6.92 Å². The highest BCUT2D eigenvalue weighted by molar-refractivity contribution is 6.43. The normalized spacial score (nSPS) is 12.2. The number of hydrogen-bond acceptors (Lipinski definition) is 6. The predicted octanol–water partition coefficient (Wildman–Crippen LogP) is 4.66. The zero-order valence-corrected chi connectivity index (χ0v) is 18.6. The molecule has 1 unspecified atom stereocenters. The summed E-state index contributed by atoms with van der Waals surface area (Å²) in [6, 6.07) is 2.90. The minimum Gasteiger partial charge on any atom is -0.477 e. The molecule has 0 amide bonds. The third-order valence-electron chi connectivity index (χ3n) is 3.28. The van der Waals surface area contributed by atoms with E-state index in [4.69, 9.17) is 58.5 Å². The second-order valence-electron chi connectivity index (χ2n) is 6.32. The number of halogens is 3. The van der Waals surface area contributed by atoms with Crippen molar-refractivity contribution in [2.45, 2.75) is 26.9 Å². The summed E-state index contributed by atoms with van der Waals surface area (Å²) < 4.78 is 26.7. The first kappa shape index (κ1) is 25.3. The molecule has 0 aliphatic rings. The van der Waals surface area contributed by atoms with Crippen molar-refractivity contribution in [1.29, 1.82) is 0 Å². The molecule has 1 rings (SSSR count). The molecule has 1 atom stereocenters. The fourth-order valence-electron chi connectivity index (χ4n) is 1.91. The van der Waals surface area contributed by atoms with Gasteiger partial charge >= 0.3 is 5.97 Å². The van der Waals surface area contributed by atoms with Crippen LogP contribution >= 0.6 is 34.8 Å². The molecular weight excluding hydrogens is 431 g/mol. The third kappa shape index (κ3) is 10.7. The van der Waals surface area contributed by atoms with Crippen LogP contribution in [0.3, 0.4) is 0 Å². The van der Waals surface area contributed by atoms with Gasteiger partial charge < -0.3 is 23.7 Å². The second-order valence-corrected chi connectivity index (χ2v) is 7.54. The van der Waals surface area contributed by atoms with Crippen LogP contribution < -0.4 is 4.74 Å². The summed E-state index contributed by atoms with van der Waals surface area (Å²) in [7, 11) is 0. The smallest absolute Gasteiger partial charge is 0.347 e. The quantitative estimate of drug-likeness (QED) is 0.230. The second kappa shape index (κ2) is 14.3. The lowest BCUT2D eigenvalue weighted by molar-refractivity contribution is -0.152. The number of hydrogen-bond donors (Lipinski definition) is 0. The molecule has 28 heavy (non-hydrogen) atoms. The number of esters is 1. The van der Waals surface area contributed by atoms with Crippen molar-refractivity contribution >= 4 is 40.8 Å². The minimum absolute atomic E-state index is 0.110. The van der Waals surface area contributed by atoms with E-state index < -0.39 is 12.1 Å². The van der Waals surface area contributed by atoms with Crippen LogP contribution in [0.15, 0.2) is 12.1 Å². The third-order valence-corrected chi connectivity index (χ3v) is 4.30. The molecule has 0 aromatic heterocycles. The Kier molecular flexibility index (Phi) is 12.9. The molecule has 0 spiro atoms. The molecule has 0 radical (unpaired) electrons. The Morgan fingerprint density at radius 1 is 0.821 bits per heavy atom. The van der Waals surface area contributed by atoms with E-state index in [2.05, 4.69) is 13.8 Å². The van der Waals surface area contributed by atoms with E-state index in [0.29, 0.717) is 37.4 Å². The Balaban J connectivity index is 2.09. The van der Waals surface area contributed by atoms with Crippen molar-refractivity contribution < 1.29 is 28.5 Å². The Hall–Kier alpha value is -0.760. The first-order chi connectivity index (χ1) is 13.3. The Morgan fingerprint density at radius 3 is 1.96 bits per heavy atom. The van der Waals surface area contributed by atoms with Gasteiger partial charge in [0, 0.05) is 12.7 Å². The van der Waals surface area contributed by atoms with E-state index >= 15 is 0 Å². The zero-order valence-electron chi connectivity index (χ0n) is 16.3. The molecule has 0 heterocycles. The van der Waals surface area contributed by atoms with Gasteiger partial charge in [0.15, 0.2) is 6.10 Å². The summed E-state index contributed by atoms with van der Waals surface area (Å²) in [4.78, 5) is 12.0. The molecule has 0 saturated heterocycles. The van der Waals surface area contributed by atoms with Gasteiger partial charge in [0.2, 0.25) is 0 Å². The Labute approximate surface area is 181 Å². The van der Waals surface area contributed by atoms with E-state index in [9.17, 15) is 4.79 Å². The summed E-state index contributed by atoms with van der Waals surface area (Å²) in [5.41, 5.74) is 0. The molecule has 0 saturated carbocycles. The van der Waals surface area contributed by atoms with Crippen molar-refractivity contribution in [2.75, 3.05) is 46.2 Å². The predicted molar refractivity (Wildman–Crippen MR) is 110 cm³/mol. The van der Waals surface area contributed by atoms with Gasteiger partial charge in [-0.2, -0.15) is 0 Å². The van der Waals surface area contributed by atoms with Crippen molar-refractivity contribution in [3.63, 3.8) is 0 Å². The van der Waals surface area contributed by atoms with Gasteiger partial charge in [0.05, 0.1) is 48.1 Å². The first-order valence-electron chi connectivity index (χ1n) is 9.02. The van der Waals surface area contributed by atoms with Crippen LogP contribution in [0.2, 0.25) is 15.1 Å². The summed E-state index contributed by atoms with van der Waals surface area (Å²) in [5, 5.41) is 0.842. The zero-order chi connectivity index (χ0) is 20.9. The highest BCUT2D eigenvalue weighted by Gasteiger charge is 2.18. The van der Waals surface area contributed by atoms with E-state index in [-0.39, 0.29) is 29.0 Å². The van der Waals surface area contributed by atoms with Crippen molar-refractivity contribution in [3.8, 4) is 5.75 Å². The molecule has 6 nitrogen and oxygen atoms in total. The van der Waals surface area contributed by atoms with Crippen LogP contribution in [0.5, 0.6) is 5.75 Å². The molecular formula is C19H27Cl3O6. The molecule has 1 aromatic carbocycles. The van der Waals surface area contributed by atoms with Crippen LogP contribution in [0.1, 0.15) is 20.8 Å². The monoisotopic (exact) mass is 456 g/mol. The number of carbonyl (C=O) groups is 1. The number of rotatable bonds is 14. The summed E-state index contributed by atoms with van der Waals surface area (Å²) >= 11 is 17.8. The average Bonchev–Trinajstić information content (AvgIpc) is 2.63. The van der Waals surface area contributed by atoms with Crippen molar-refractivity contribution in [3.05, 3.63) is 27.2 Å². The fourth-order valence-corrected chi connectivity index (χ4v) is 2.49. The first-order valence-corrected chi connectivity index (χ1v) is 10.2. The van der Waals surface area contributed by atoms with Gasteiger partial charge in [-0.05, 0) is 18.9 Å². The van der Waals surface area contributed by atoms with Crippen molar-refractivity contribution in [1.82, 2.24) is 0 Å². The van der Waals surface area contributed by atoms with E-state index in [1.807, 2.05) is 0 Å². The van der Waals surface area contributed by atoms with Crippen LogP contribution in [-0.2, 0) is 23.7 Å². The summed E-state index contributed by atoms with van der Waals surface area (Å²) in [6.45, 7) is 8.79. The molecule has 9 heteroatoms. The largest absolute Gasteiger partial charge is 0.477 e. The molecule has 160 valence electrons. The highest BCUT2D eigenvalue weighted by Crippen LogP contribution is 2.34. The van der Waals surface area contributed by atoms with Crippen LogP contribution in [0, 0.1) is 5.92 Å². The lowest BCUT2D eigenvalue weighted by Crippen LogP contribution is -2.27. The maximum atomic E-state index is 12.0. The molecule has 0 N–H and O–H groups in total. The SMILES string of the molecule is CC(C)COCCOCCOCCOC(=O)C(C)Oc1cc(Cl)c(Cl)cc1Cl. The van der Waals surface area contributed by atoms with E-state index in [1.165, 1.54) is 12.1 Å². The van der Waals surface area contributed by atoms with Gasteiger partial charge in [-0.1, -0.05) is 48.7 Å². The van der Waals surface area contributed by atoms with Gasteiger partial charge in [-0.15, -0.1) is 0 Å². The summed E-state index contributed by atoms with van der Waals surface area (Å²) in [6.07, 6.45) is -0.857. The molecule has 0 bridgehead atoms. The molecule has 1 aromatic rings. The summed E-state index contributed by atoms with van der Waals surface area (Å²) in [5.74, 6) is 0.232. The average molecular weight is 458 g/mol. The maximum Gasteiger partial charge on any atom is 0.347 e. The fraction of sp³-hybridized carbons (Fsp3) is 0.632. The van der Waals surface area contributed by atoms with Crippen LogP contribution in [0.25, 0.3) is 0 Å². The van der Waals surface area contributed by atoms with Gasteiger partial charge in [0.1, 0.15) is 12.4 Å². The highest BCUT2D eigenvalue weighted by atomic mass is 35.5. The van der Waals surface area contributed by atoms with Gasteiger partial charge in [-0.3, -0.25) is 0 Å². The van der Waals surface area contributed by atoms with Gasteiger partial charge in [0.25, 0.3) is 0 Å². The van der Waals surface area contributed by atoms with E-state index in [0.717, 1.165) is 6.61 Å². The van der Waals surface area contributed by atoms with Crippen molar-refractivity contribution in [2.24, 2.45) is 5.92 Å². The number of benzene rings is 1. The van der Waals surface area contributed by atoms with Crippen LogP contribution in [-0.4, -0.2) is 58.3 Å². The standard InChI is InChI=1S/C19H27Cl3O6/c1-13(2)12-26-7-6-24-4-5-25-8-9-27-19(23)14(3)28-18-11-16(21)15(20)10-17(18)22/h10-11,13-14H,4-9,12H2,1-3H3. The number of ether oxygens (including phenoxy) is 5. The Morgan fingerprint density at radius 2 is 1.36 bits per heavy atom. The van der Waals surface area contributed by atoms with Crippen LogP contribution in [0.4, 0.5) is 0 Å². The molecule has 0 aliphatic carbocycles. The Bertz CT molecular complexity index is 597. The van der Waals surface area contributed by atoms with Gasteiger partial charge in [-0.25, -0.2) is 4.79 Å².